The lowest BCUT2D eigenvalue weighted by atomic mass is 9.84. The maximum absolute atomic E-state index is 12.5. The zero-order valence-electron chi connectivity index (χ0n) is 15.1. The van der Waals surface area contributed by atoms with Crippen LogP contribution in [-0.4, -0.2) is 37.7 Å². The van der Waals surface area contributed by atoms with Crippen molar-refractivity contribution in [2.24, 2.45) is 5.92 Å². The Morgan fingerprint density at radius 1 is 1.15 bits per heavy atom. The van der Waals surface area contributed by atoms with Crippen LogP contribution in [0.4, 0.5) is 0 Å². The maximum atomic E-state index is 12.5. The minimum atomic E-state index is -3.30. The molecule has 0 heterocycles. The zero-order chi connectivity index (χ0) is 19.2. The molecule has 1 aromatic rings. The van der Waals surface area contributed by atoms with E-state index in [1.807, 2.05) is 0 Å². The number of amides is 1. The lowest BCUT2D eigenvalue weighted by Gasteiger charge is -2.27. The van der Waals surface area contributed by atoms with Gasteiger partial charge in [-0.2, -0.15) is 0 Å². The smallest absolute Gasteiger partial charge is 0.303 e. The molecule has 0 aromatic heterocycles. The van der Waals surface area contributed by atoms with Gasteiger partial charge in [-0.05, 0) is 43.0 Å². The van der Waals surface area contributed by atoms with E-state index in [0.29, 0.717) is 17.9 Å². The summed E-state index contributed by atoms with van der Waals surface area (Å²) >= 11 is 0. The normalized spacial score (nSPS) is 16.8. The second-order valence-electron chi connectivity index (χ2n) is 7.14. The number of hydrogen-bond acceptors (Lipinski definition) is 4. The van der Waals surface area contributed by atoms with Gasteiger partial charge in [0.05, 0.1) is 4.90 Å². The summed E-state index contributed by atoms with van der Waals surface area (Å²) in [5.41, 5.74) is 0.376. The Kier molecular flexibility index (Phi) is 7.20. The fraction of sp³-hybridized carbons (Fsp3) is 0.579. The first-order valence-electron chi connectivity index (χ1n) is 9.08. The van der Waals surface area contributed by atoms with Crippen molar-refractivity contribution in [3.8, 4) is 0 Å². The van der Waals surface area contributed by atoms with Gasteiger partial charge in [0.2, 0.25) is 0 Å². The number of nitrogens with one attached hydrogen (secondary N) is 1. The molecule has 2 N–H and O–H groups in total. The second kappa shape index (κ2) is 9.16. The standard InChI is InChI=1S/C19H27NO5S/c1-26(24,25)17-10-7-15(8-11-17)19(23)20-16(9-12-18(21)22)13-14-5-3-2-4-6-14/h7-8,10-11,14,16H,2-6,9,12-13H2,1H3,(H,20,23)(H,21,22). The molecule has 1 unspecified atom stereocenters. The summed E-state index contributed by atoms with van der Waals surface area (Å²) < 4.78 is 23.0. The quantitative estimate of drug-likeness (QED) is 0.721. The van der Waals surface area contributed by atoms with E-state index in [4.69, 9.17) is 5.11 Å². The third kappa shape index (κ3) is 6.44. The first-order chi connectivity index (χ1) is 12.3. The van der Waals surface area contributed by atoms with E-state index in [-0.39, 0.29) is 23.3 Å². The highest BCUT2D eigenvalue weighted by atomic mass is 32.2. The molecule has 0 aliphatic heterocycles. The van der Waals surface area contributed by atoms with Crippen LogP contribution >= 0.6 is 0 Å². The topological polar surface area (TPSA) is 101 Å². The zero-order valence-corrected chi connectivity index (χ0v) is 15.9. The maximum Gasteiger partial charge on any atom is 0.303 e. The highest BCUT2D eigenvalue weighted by Gasteiger charge is 2.22. The van der Waals surface area contributed by atoms with Crippen molar-refractivity contribution in [2.75, 3.05) is 6.26 Å². The molecule has 1 atom stereocenters. The van der Waals surface area contributed by atoms with E-state index < -0.39 is 15.8 Å². The van der Waals surface area contributed by atoms with E-state index >= 15 is 0 Å². The van der Waals surface area contributed by atoms with Crippen LogP contribution in [0, 0.1) is 5.92 Å². The molecule has 1 aliphatic carbocycles. The van der Waals surface area contributed by atoms with Crippen molar-refractivity contribution in [3.63, 3.8) is 0 Å². The number of hydrogen-bond donors (Lipinski definition) is 2. The van der Waals surface area contributed by atoms with Crippen LogP contribution in [0.3, 0.4) is 0 Å². The van der Waals surface area contributed by atoms with Gasteiger partial charge >= 0.3 is 5.97 Å². The van der Waals surface area contributed by atoms with E-state index in [1.54, 1.807) is 0 Å². The number of benzene rings is 1. The van der Waals surface area contributed by atoms with Crippen LogP contribution < -0.4 is 5.32 Å². The molecule has 26 heavy (non-hydrogen) atoms. The van der Waals surface area contributed by atoms with Gasteiger partial charge in [-0.3, -0.25) is 9.59 Å². The highest BCUT2D eigenvalue weighted by Crippen LogP contribution is 2.28. The number of carboxylic acids is 1. The third-order valence-electron chi connectivity index (χ3n) is 4.93. The summed E-state index contributed by atoms with van der Waals surface area (Å²) in [7, 11) is -3.30. The van der Waals surface area contributed by atoms with Crippen LogP contribution in [0.2, 0.25) is 0 Å². The van der Waals surface area contributed by atoms with Crippen molar-refractivity contribution < 1.29 is 23.1 Å². The third-order valence-corrected chi connectivity index (χ3v) is 6.06. The summed E-state index contributed by atoms with van der Waals surface area (Å²) in [6.07, 6.45) is 8.22. The number of sulfone groups is 1. The molecule has 144 valence electrons. The van der Waals surface area contributed by atoms with Gasteiger partial charge < -0.3 is 10.4 Å². The summed E-state index contributed by atoms with van der Waals surface area (Å²) in [5.74, 6) is -0.642. The average molecular weight is 381 g/mol. The van der Waals surface area contributed by atoms with Gasteiger partial charge in [0, 0.05) is 24.3 Å². The predicted octanol–water partition coefficient (Wildman–Crippen LogP) is 3.02. The largest absolute Gasteiger partial charge is 0.481 e. The molecule has 0 radical (unpaired) electrons. The van der Waals surface area contributed by atoms with Crippen molar-refractivity contribution in [2.45, 2.75) is 62.3 Å². The Bertz CT molecular complexity index is 721. The molecular formula is C19H27NO5S. The van der Waals surface area contributed by atoms with Crippen LogP contribution in [0.25, 0.3) is 0 Å². The van der Waals surface area contributed by atoms with Gasteiger partial charge in [0.1, 0.15) is 0 Å². The molecule has 0 spiro atoms. The predicted molar refractivity (Wildman–Crippen MR) is 98.9 cm³/mol. The summed E-state index contributed by atoms with van der Waals surface area (Å²) in [4.78, 5) is 23.6. The van der Waals surface area contributed by atoms with Crippen molar-refractivity contribution >= 4 is 21.7 Å². The number of aliphatic carboxylic acids is 1. The SMILES string of the molecule is CS(=O)(=O)c1ccc(C(=O)NC(CCC(=O)O)CC2CCCCC2)cc1. The molecule has 1 amide bonds. The van der Waals surface area contributed by atoms with Gasteiger partial charge in [0.25, 0.3) is 5.91 Å². The minimum Gasteiger partial charge on any atom is -0.481 e. The second-order valence-corrected chi connectivity index (χ2v) is 9.15. The number of carboxylic acid groups (broad SMARTS) is 1. The molecule has 1 aromatic carbocycles. The van der Waals surface area contributed by atoms with Crippen LogP contribution in [0.1, 0.15) is 61.7 Å². The van der Waals surface area contributed by atoms with E-state index in [2.05, 4.69) is 5.32 Å². The van der Waals surface area contributed by atoms with Crippen LogP contribution in [-0.2, 0) is 14.6 Å². The van der Waals surface area contributed by atoms with Gasteiger partial charge in [-0.1, -0.05) is 32.1 Å². The van der Waals surface area contributed by atoms with Crippen LogP contribution in [0.15, 0.2) is 29.2 Å². The number of carbonyl (C=O) groups excluding carboxylic acids is 1. The highest BCUT2D eigenvalue weighted by molar-refractivity contribution is 7.90. The lowest BCUT2D eigenvalue weighted by Crippen LogP contribution is -2.37. The first kappa shape index (κ1) is 20.4. The Morgan fingerprint density at radius 2 is 1.77 bits per heavy atom. The Hall–Kier alpha value is -1.89. The lowest BCUT2D eigenvalue weighted by molar-refractivity contribution is -0.137. The molecule has 1 aliphatic rings. The van der Waals surface area contributed by atoms with E-state index in [9.17, 15) is 18.0 Å². The fourth-order valence-corrected chi connectivity index (χ4v) is 4.12. The molecule has 2 rings (SSSR count). The van der Waals surface area contributed by atoms with Gasteiger partial charge in [0.15, 0.2) is 9.84 Å². The summed E-state index contributed by atoms with van der Waals surface area (Å²) in [6, 6.07) is 5.62. The molecule has 0 saturated heterocycles. The monoisotopic (exact) mass is 381 g/mol. The Balaban J connectivity index is 2.02. The van der Waals surface area contributed by atoms with Gasteiger partial charge in [-0.25, -0.2) is 8.42 Å². The molecule has 7 heteroatoms. The van der Waals surface area contributed by atoms with Crippen molar-refractivity contribution in [3.05, 3.63) is 29.8 Å². The molecule has 6 nitrogen and oxygen atoms in total. The molecule has 0 bridgehead atoms. The fourth-order valence-electron chi connectivity index (χ4n) is 3.49. The first-order valence-corrected chi connectivity index (χ1v) is 11.0. The van der Waals surface area contributed by atoms with E-state index in [1.165, 1.54) is 43.5 Å². The molecule has 1 saturated carbocycles. The summed E-state index contributed by atoms with van der Waals surface area (Å²) in [6.45, 7) is 0. The Morgan fingerprint density at radius 3 is 2.31 bits per heavy atom. The Labute approximate surface area is 154 Å². The molecular weight excluding hydrogens is 354 g/mol. The average Bonchev–Trinajstić information content (AvgIpc) is 2.60. The summed E-state index contributed by atoms with van der Waals surface area (Å²) in [5, 5.41) is 11.9. The number of rotatable bonds is 8. The van der Waals surface area contributed by atoms with Gasteiger partial charge in [-0.15, -0.1) is 0 Å². The number of carbonyl (C=O) groups is 2. The molecule has 1 fully saturated rings. The van der Waals surface area contributed by atoms with E-state index in [0.717, 1.165) is 25.5 Å². The van der Waals surface area contributed by atoms with Crippen molar-refractivity contribution in [1.29, 1.82) is 0 Å². The van der Waals surface area contributed by atoms with Crippen molar-refractivity contribution in [1.82, 2.24) is 5.32 Å². The van der Waals surface area contributed by atoms with Crippen LogP contribution in [0.5, 0.6) is 0 Å². The minimum absolute atomic E-state index is 0.0185.